The van der Waals surface area contributed by atoms with Gasteiger partial charge in [-0.15, -0.1) is 0 Å². The topological polar surface area (TPSA) is 140 Å². The first kappa shape index (κ1) is 20.5. The largest absolute Gasteiger partial charge is 0.450 e. The minimum absolute atomic E-state index is 0.0182. The van der Waals surface area contributed by atoms with Crippen LogP contribution in [0.25, 0.3) is 6.08 Å². The number of benzene rings is 2. The number of nitrogens with zero attached hydrogens (tertiary/aromatic N) is 4. The molecule has 0 saturated carbocycles. The van der Waals surface area contributed by atoms with Crippen LogP contribution >= 0.6 is 0 Å². The first-order valence-corrected chi connectivity index (χ1v) is 9.01. The summed E-state index contributed by atoms with van der Waals surface area (Å²) < 4.78 is 5.55. The Labute approximate surface area is 170 Å². The van der Waals surface area contributed by atoms with Crippen LogP contribution in [0.3, 0.4) is 0 Å². The molecule has 0 aliphatic carbocycles. The first-order valence-electron chi connectivity index (χ1n) is 9.01. The lowest BCUT2D eigenvalue weighted by molar-refractivity contribution is -0.394. The zero-order chi connectivity index (χ0) is 21.7. The van der Waals surface area contributed by atoms with E-state index in [9.17, 15) is 30.3 Å². The van der Waals surface area contributed by atoms with Crippen LogP contribution in [0.2, 0.25) is 0 Å². The molecule has 152 valence electrons. The molecule has 30 heavy (non-hydrogen) atoms. The number of nitriles is 1. The third-order valence-corrected chi connectivity index (χ3v) is 4.49. The summed E-state index contributed by atoms with van der Waals surface area (Å²) in [4.78, 5) is 34.7. The number of nitro benzene ring substituents is 2. The fraction of sp³-hybridized carbons (Fsp3) is 0.200. The van der Waals surface area contributed by atoms with Gasteiger partial charge in [-0.05, 0) is 42.7 Å². The second-order valence-corrected chi connectivity index (χ2v) is 6.51. The van der Waals surface area contributed by atoms with E-state index in [0.717, 1.165) is 31.0 Å². The van der Waals surface area contributed by atoms with Gasteiger partial charge < -0.3 is 9.64 Å². The van der Waals surface area contributed by atoms with Gasteiger partial charge in [0, 0.05) is 19.2 Å². The highest BCUT2D eigenvalue weighted by Crippen LogP contribution is 2.34. The molecular formula is C20H16N4O6. The number of nitro groups is 2. The second-order valence-electron chi connectivity index (χ2n) is 6.51. The smallest absolute Gasteiger partial charge is 0.318 e. The van der Waals surface area contributed by atoms with Crippen molar-refractivity contribution < 1.29 is 19.4 Å². The van der Waals surface area contributed by atoms with Gasteiger partial charge in [-0.2, -0.15) is 5.26 Å². The average molecular weight is 408 g/mol. The number of likely N-dealkylation sites (tertiary alicyclic amines) is 1. The SMILES string of the molecule is N#C/C(=C\c1cccc(Oc2ccc([N+](=O)[O-])cc2[N+](=O)[O-])c1)C(=O)N1CCCC1. The minimum Gasteiger partial charge on any atom is -0.450 e. The minimum atomic E-state index is -0.769. The molecule has 2 aromatic rings. The first-order chi connectivity index (χ1) is 14.4. The van der Waals surface area contributed by atoms with E-state index in [2.05, 4.69) is 0 Å². The summed E-state index contributed by atoms with van der Waals surface area (Å²) >= 11 is 0. The Morgan fingerprint density at radius 1 is 1.10 bits per heavy atom. The van der Waals surface area contributed by atoms with E-state index in [0.29, 0.717) is 18.7 Å². The summed E-state index contributed by atoms with van der Waals surface area (Å²) in [5.41, 5.74) is -0.492. The van der Waals surface area contributed by atoms with E-state index >= 15 is 0 Å². The molecule has 1 heterocycles. The zero-order valence-electron chi connectivity index (χ0n) is 15.7. The lowest BCUT2D eigenvalue weighted by Crippen LogP contribution is -2.28. The Bertz CT molecular complexity index is 1080. The third-order valence-electron chi connectivity index (χ3n) is 4.49. The molecule has 0 unspecified atom stereocenters. The number of hydrogen-bond donors (Lipinski definition) is 0. The van der Waals surface area contributed by atoms with Gasteiger partial charge in [-0.1, -0.05) is 12.1 Å². The highest BCUT2D eigenvalue weighted by molar-refractivity contribution is 6.01. The summed E-state index contributed by atoms with van der Waals surface area (Å²) in [6.07, 6.45) is 3.24. The summed E-state index contributed by atoms with van der Waals surface area (Å²) in [5.74, 6) is -0.292. The van der Waals surface area contributed by atoms with E-state index in [-0.39, 0.29) is 23.0 Å². The van der Waals surface area contributed by atoms with Crippen molar-refractivity contribution in [1.29, 1.82) is 5.26 Å². The Morgan fingerprint density at radius 2 is 1.83 bits per heavy atom. The molecule has 0 bridgehead atoms. The maximum absolute atomic E-state index is 12.4. The maximum Gasteiger partial charge on any atom is 0.318 e. The Morgan fingerprint density at radius 3 is 2.47 bits per heavy atom. The molecule has 0 spiro atoms. The second kappa shape index (κ2) is 8.83. The van der Waals surface area contributed by atoms with Crippen molar-refractivity contribution in [2.45, 2.75) is 12.8 Å². The van der Waals surface area contributed by atoms with E-state index in [4.69, 9.17) is 4.74 Å². The molecule has 1 aliphatic heterocycles. The van der Waals surface area contributed by atoms with Crippen LogP contribution in [0.1, 0.15) is 18.4 Å². The van der Waals surface area contributed by atoms with Crippen LogP contribution in [-0.2, 0) is 4.79 Å². The van der Waals surface area contributed by atoms with Crippen molar-refractivity contribution in [3.8, 4) is 17.6 Å². The summed E-state index contributed by atoms with van der Waals surface area (Å²) in [6, 6.07) is 11.3. The van der Waals surface area contributed by atoms with E-state index < -0.39 is 21.2 Å². The molecule has 0 N–H and O–H groups in total. The molecule has 10 nitrogen and oxygen atoms in total. The van der Waals surface area contributed by atoms with Crippen molar-refractivity contribution in [2.75, 3.05) is 13.1 Å². The van der Waals surface area contributed by atoms with E-state index in [1.807, 2.05) is 6.07 Å². The van der Waals surface area contributed by atoms with Gasteiger partial charge in [0.1, 0.15) is 17.4 Å². The van der Waals surface area contributed by atoms with Gasteiger partial charge in [-0.25, -0.2) is 0 Å². The van der Waals surface area contributed by atoms with Crippen LogP contribution in [0.5, 0.6) is 11.5 Å². The number of rotatable bonds is 6. The monoisotopic (exact) mass is 408 g/mol. The van der Waals surface area contributed by atoms with Gasteiger partial charge in [0.05, 0.1) is 15.9 Å². The van der Waals surface area contributed by atoms with Gasteiger partial charge in [0.15, 0.2) is 0 Å². The molecule has 1 fully saturated rings. The van der Waals surface area contributed by atoms with Crippen LogP contribution in [-0.4, -0.2) is 33.7 Å². The number of ether oxygens (including phenoxy) is 1. The van der Waals surface area contributed by atoms with Gasteiger partial charge in [0.25, 0.3) is 11.6 Å². The van der Waals surface area contributed by atoms with Crippen molar-refractivity contribution >= 4 is 23.4 Å². The van der Waals surface area contributed by atoms with Gasteiger partial charge in [-0.3, -0.25) is 25.0 Å². The molecule has 0 atom stereocenters. The highest BCUT2D eigenvalue weighted by Gasteiger charge is 2.22. The van der Waals surface area contributed by atoms with Crippen molar-refractivity contribution in [1.82, 2.24) is 4.90 Å². The van der Waals surface area contributed by atoms with Crippen molar-refractivity contribution in [2.24, 2.45) is 0 Å². The molecule has 2 aromatic carbocycles. The van der Waals surface area contributed by atoms with Crippen LogP contribution in [0, 0.1) is 31.6 Å². The van der Waals surface area contributed by atoms with Gasteiger partial charge >= 0.3 is 5.69 Å². The molecule has 10 heteroatoms. The summed E-state index contributed by atoms with van der Waals surface area (Å²) in [5, 5.41) is 31.5. The fourth-order valence-electron chi connectivity index (χ4n) is 3.04. The predicted octanol–water partition coefficient (Wildman–Crippen LogP) is 3.82. The molecule has 3 rings (SSSR count). The number of carbonyl (C=O) groups is 1. The molecule has 0 aromatic heterocycles. The zero-order valence-corrected chi connectivity index (χ0v) is 15.7. The van der Waals surface area contributed by atoms with Crippen LogP contribution in [0.4, 0.5) is 11.4 Å². The molecule has 1 saturated heterocycles. The number of carbonyl (C=O) groups excluding carboxylic acids is 1. The quantitative estimate of drug-likeness (QED) is 0.306. The number of non-ortho nitro benzene ring substituents is 1. The Balaban J connectivity index is 1.87. The molecule has 1 aliphatic rings. The standard InChI is InChI=1S/C20H16N4O6/c21-13-15(20(25)22-8-1-2-9-22)10-14-4-3-5-17(11-14)30-19-7-6-16(23(26)27)12-18(19)24(28)29/h3-7,10-12H,1-2,8-9H2/b15-10+. The molecular weight excluding hydrogens is 392 g/mol. The molecule has 1 amide bonds. The van der Waals surface area contributed by atoms with E-state index in [1.54, 1.807) is 17.0 Å². The lowest BCUT2D eigenvalue weighted by Gasteiger charge is -2.14. The normalized spacial score (nSPS) is 13.6. The fourth-order valence-corrected chi connectivity index (χ4v) is 3.04. The molecule has 0 radical (unpaired) electrons. The Hall–Kier alpha value is -4.26. The summed E-state index contributed by atoms with van der Waals surface area (Å²) in [6.45, 7) is 1.23. The van der Waals surface area contributed by atoms with E-state index in [1.165, 1.54) is 18.2 Å². The maximum atomic E-state index is 12.4. The van der Waals surface area contributed by atoms with Crippen LogP contribution < -0.4 is 4.74 Å². The van der Waals surface area contributed by atoms with Crippen molar-refractivity contribution in [3.63, 3.8) is 0 Å². The third kappa shape index (κ3) is 4.59. The predicted molar refractivity (Wildman–Crippen MR) is 106 cm³/mol. The Kier molecular flexibility index (Phi) is 6.03. The average Bonchev–Trinajstić information content (AvgIpc) is 3.26. The van der Waals surface area contributed by atoms with Crippen molar-refractivity contribution in [3.05, 3.63) is 73.8 Å². The highest BCUT2D eigenvalue weighted by atomic mass is 16.6. The lowest BCUT2D eigenvalue weighted by atomic mass is 10.1. The van der Waals surface area contributed by atoms with Gasteiger partial charge in [0.2, 0.25) is 5.75 Å². The van der Waals surface area contributed by atoms with Crippen LogP contribution in [0.15, 0.2) is 48.0 Å². The summed E-state index contributed by atoms with van der Waals surface area (Å²) in [7, 11) is 0. The number of hydrogen-bond acceptors (Lipinski definition) is 7. The number of amides is 1.